The van der Waals surface area contributed by atoms with Gasteiger partial charge < -0.3 is 25.2 Å². The molecule has 0 radical (unpaired) electrons. The molecule has 0 aliphatic heterocycles. The van der Waals surface area contributed by atoms with Gasteiger partial charge in [-0.25, -0.2) is 4.79 Å². The van der Waals surface area contributed by atoms with Crippen molar-refractivity contribution in [2.24, 2.45) is 0 Å². The van der Waals surface area contributed by atoms with Crippen LogP contribution in [0.1, 0.15) is 10.4 Å². The number of phenols is 4. The zero-order valence-corrected chi connectivity index (χ0v) is 9.57. The third-order valence-corrected chi connectivity index (χ3v) is 2.35. The average Bonchev–Trinajstić information content (AvgIpc) is 2.38. The fourth-order valence-corrected chi connectivity index (χ4v) is 1.40. The molecule has 6 heteroatoms. The van der Waals surface area contributed by atoms with Gasteiger partial charge in [-0.2, -0.15) is 0 Å². The van der Waals surface area contributed by atoms with E-state index in [2.05, 4.69) is 0 Å². The molecule has 0 saturated heterocycles. The first-order valence-corrected chi connectivity index (χ1v) is 5.23. The normalized spacial score (nSPS) is 10.1. The molecule has 0 bridgehead atoms. The van der Waals surface area contributed by atoms with Crippen LogP contribution in [0.15, 0.2) is 36.4 Å². The minimum atomic E-state index is -0.823. The highest BCUT2D eigenvalue weighted by atomic mass is 16.5. The Morgan fingerprint density at radius 3 is 1.95 bits per heavy atom. The van der Waals surface area contributed by atoms with Gasteiger partial charge in [-0.1, -0.05) is 0 Å². The molecule has 0 amide bonds. The Morgan fingerprint density at radius 1 is 0.895 bits per heavy atom. The van der Waals surface area contributed by atoms with Gasteiger partial charge in [0.1, 0.15) is 11.5 Å². The lowest BCUT2D eigenvalue weighted by molar-refractivity contribution is 0.0733. The van der Waals surface area contributed by atoms with Crippen molar-refractivity contribution in [3.63, 3.8) is 0 Å². The van der Waals surface area contributed by atoms with Crippen LogP contribution in [0.25, 0.3) is 0 Å². The van der Waals surface area contributed by atoms with Crippen molar-refractivity contribution in [3.05, 3.63) is 42.0 Å². The van der Waals surface area contributed by atoms with Crippen LogP contribution in [-0.2, 0) is 0 Å². The first kappa shape index (κ1) is 12.6. The Hall–Kier alpha value is -2.89. The highest BCUT2D eigenvalue weighted by molar-refractivity contribution is 5.92. The highest BCUT2D eigenvalue weighted by Gasteiger charge is 2.15. The maximum Gasteiger partial charge on any atom is 0.343 e. The van der Waals surface area contributed by atoms with Crippen LogP contribution in [-0.4, -0.2) is 26.4 Å². The van der Waals surface area contributed by atoms with Gasteiger partial charge in [0.05, 0.1) is 5.56 Å². The summed E-state index contributed by atoms with van der Waals surface area (Å²) >= 11 is 0. The van der Waals surface area contributed by atoms with Crippen molar-refractivity contribution in [1.82, 2.24) is 0 Å². The van der Waals surface area contributed by atoms with Crippen LogP contribution < -0.4 is 4.74 Å². The SMILES string of the molecule is O=C(Oc1ccc(O)cc1)c1cc(O)c(O)c(O)c1. The lowest BCUT2D eigenvalue weighted by Gasteiger charge is -2.06. The van der Waals surface area contributed by atoms with E-state index in [1.807, 2.05) is 0 Å². The molecule has 4 N–H and O–H groups in total. The second kappa shape index (κ2) is 4.77. The molecule has 0 aliphatic rings. The van der Waals surface area contributed by atoms with Crippen molar-refractivity contribution < 1.29 is 30.0 Å². The monoisotopic (exact) mass is 262 g/mol. The first-order chi connectivity index (χ1) is 8.97. The molecule has 0 spiro atoms. The van der Waals surface area contributed by atoms with Gasteiger partial charge in [-0.15, -0.1) is 0 Å². The van der Waals surface area contributed by atoms with Crippen LogP contribution in [0.5, 0.6) is 28.7 Å². The van der Waals surface area contributed by atoms with E-state index in [4.69, 9.17) is 14.9 Å². The van der Waals surface area contributed by atoms with E-state index in [0.717, 1.165) is 12.1 Å². The molecule has 2 aromatic carbocycles. The maximum absolute atomic E-state index is 11.7. The summed E-state index contributed by atoms with van der Waals surface area (Å²) in [5.41, 5.74) is -0.124. The summed E-state index contributed by atoms with van der Waals surface area (Å²) in [4.78, 5) is 11.7. The van der Waals surface area contributed by atoms with Crippen LogP contribution in [0.2, 0.25) is 0 Å². The summed E-state index contributed by atoms with van der Waals surface area (Å²) in [5.74, 6) is -2.57. The van der Waals surface area contributed by atoms with Crippen LogP contribution in [0.3, 0.4) is 0 Å². The van der Waals surface area contributed by atoms with Crippen molar-refractivity contribution in [2.75, 3.05) is 0 Å². The molecular formula is C13H10O6. The number of hydrogen-bond acceptors (Lipinski definition) is 6. The lowest BCUT2D eigenvalue weighted by atomic mass is 10.2. The summed E-state index contributed by atoms with van der Waals surface area (Å²) in [7, 11) is 0. The largest absolute Gasteiger partial charge is 0.508 e. The topological polar surface area (TPSA) is 107 Å². The molecule has 98 valence electrons. The van der Waals surface area contributed by atoms with Gasteiger partial charge in [0, 0.05) is 0 Å². The molecule has 0 aromatic heterocycles. The number of benzene rings is 2. The van der Waals surface area contributed by atoms with Gasteiger partial charge >= 0.3 is 5.97 Å². The predicted molar refractivity (Wildman–Crippen MR) is 64.5 cm³/mol. The zero-order valence-electron chi connectivity index (χ0n) is 9.57. The summed E-state index contributed by atoms with van der Waals surface area (Å²) < 4.78 is 4.95. The van der Waals surface area contributed by atoms with E-state index in [1.54, 1.807) is 0 Å². The van der Waals surface area contributed by atoms with E-state index in [1.165, 1.54) is 24.3 Å². The van der Waals surface area contributed by atoms with Crippen molar-refractivity contribution >= 4 is 5.97 Å². The number of rotatable bonds is 2. The smallest absolute Gasteiger partial charge is 0.343 e. The molecule has 6 nitrogen and oxygen atoms in total. The predicted octanol–water partition coefficient (Wildman–Crippen LogP) is 1.73. The molecule has 0 fully saturated rings. The van der Waals surface area contributed by atoms with E-state index in [-0.39, 0.29) is 17.1 Å². The van der Waals surface area contributed by atoms with Gasteiger partial charge in [0.15, 0.2) is 17.2 Å². The van der Waals surface area contributed by atoms with Gasteiger partial charge in [-0.3, -0.25) is 0 Å². The lowest BCUT2D eigenvalue weighted by Crippen LogP contribution is -2.08. The summed E-state index contributed by atoms with van der Waals surface area (Å²) in [6, 6.07) is 7.39. The van der Waals surface area contributed by atoms with Crippen LogP contribution in [0.4, 0.5) is 0 Å². The van der Waals surface area contributed by atoms with Gasteiger partial charge in [-0.05, 0) is 36.4 Å². The fourth-order valence-electron chi connectivity index (χ4n) is 1.40. The third kappa shape index (κ3) is 2.68. The maximum atomic E-state index is 11.7. The molecule has 0 atom stereocenters. The number of aromatic hydroxyl groups is 4. The van der Waals surface area contributed by atoms with Crippen molar-refractivity contribution in [2.45, 2.75) is 0 Å². The summed E-state index contributed by atoms with van der Waals surface area (Å²) in [6.45, 7) is 0. The minimum absolute atomic E-state index is 0.0275. The quantitative estimate of drug-likeness (QED) is 0.373. The van der Waals surface area contributed by atoms with Crippen LogP contribution in [0, 0.1) is 0 Å². The second-order valence-corrected chi connectivity index (χ2v) is 3.75. The highest BCUT2D eigenvalue weighted by Crippen LogP contribution is 2.35. The number of carbonyl (C=O) groups excluding carboxylic acids is 1. The summed E-state index contributed by atoms with van der Waals surface area (Å²) in [5, 5.41) is 36.8. The molecule has 0 heterocycles. The van der Waals surface area contributed by atoms with Crippen molar-refractivity contribution in [1.29, 1.82) is 0 Å². The number of phenolic OH excluding ortho intramolecular Hbond substituents is 4. The fraction of sp³-hybridized carbons (Fsp3) is 0. The number of hydrogen-bond donors (Lipinski definition) is 4. The molecule has 2 rings (SSSR count). The molecule has 0 unspecified atom stereocenters. The molecule has 0 saturated carbocycles. The Morgan fingerprint density at radius 2 is 1.42 bits per heavy atom. The van der Waals surface area contributed by atoms with Gasteiger partial charge in [0.25, 0.3) is 0 Å². The third-order valence-electron chi connectivity index (χ3n) is 2.35. The average molecular weight is 262 g/mol. The van der Waals surface area contributed by atoms with E-state index < -0.39 is 23.2 Å². The Balaban J connectivity index is 2.23. The minimum Gasteiger partial charge on any atom is -0.508 e. The Labute approximate surface area is 107 Å². The summed E-state index contributed by atoms with van der Waals surface area (Å²) in [6.07, 6.45) is 0. The second-order valence-electron chi connectivity index (χ2n) is 3.75. The molecule has 19 heavy (non-hydrogen) atoms. The molecule has 0 aliphatic carbocycles. The van der Waals surface area contributed by atoms with Gasteiger partial charge in [0.2, 0.25) is 0 Å². The number of ether oxygens (including phenoxy) is 1. The standard InChI is InChI=1S/C13H10O6/c14-8-1-3-9(4-2-8)19-13(18)7-5-10(15)12(17)11(16)6-7/h1-6,14-17H. The Bertz CT molecular complexity index is 595. The van der Waals surface area contributed by atoms with Crippen molar-refractivity contribution in [3.8, 4) is 28.7 Å². The first-order valence-electron chi connectivity index (χ1n) is 5.23. The zero-order chi connectivity index (χ0) is 14.0. The molecule has 2 aromatic rings. The van der Waals surface area contributed by atoms with E-state index in [9.17, 15) is 15.0 Å². The molecular weight excluding hydrogens is 252 g/mol. The van der Waals surface area contributed by atoms with E-state index >= 15 is 0 Å². The van der Waals surface area contributed by atoms with E-state index in [0.29, 0.717) is 0 Å². The number of esters is 1. The Kier molecular flexibility index (Phi) is 3.15. The number of carbonyl (C=O) groups is 1. The van der Waals surface area contributed by atoms with Crippen LogP contribution >= 0.6 is 0 Å².